The minimum absolute atomic E-state index is 0.0255. The SMILES string of the molecule is COc1c(N2CC(NC(=O)O)C(OC)C2)c(F)cc2c(=O)n(N)c(=O)n(C3CC3)c12. The minimum atomic E-state index is -1.22. The maximum absolute atomic E-state index is 15.2. The zero-order valence-electron chi connectivity index (χ0n) is 16.4. The van der Waals surface area contributed by atoms with Gasteiger partial charge in [-0.25, -0.2) is 14.0 Å². The zero-order chi connectivity index (χ0) is 21.7. The van der Waals surface area contributed by atoms with Crippen LogP contribution < -0.4 is 32.0 Å². The van der Waals surface area contributed by atoms with E-state index in [0.717, 1.165) is 18.9 Å². The van der Waals surface area contributed by atoms with Gasteiger partial charge in [0.25, 0.3) is 5.56 Å². The van der Waals surface area contributed by atoms with Crippen LogP contribution in [0.4, 0.5) is 14.9 Å². The number of nitrogens with two attached hydrogens (primary N) is 1. The van der Waals surface area contributed by atoms with E-state index >= 15 is 4.39 Å². The Balaban J connectivity index is 1.94. The molecule has 12 heteroatoms. The molecule has 0 spiro atoms. The number of anilines is 1. The number of halogens is 1. The lowest BCUT2D eigenvalue weighted by molar-refractivity contribution is 0.0949. The first-order chi connectivity index (χ1) is 14.3. The Morgan fingerprint density at radius 3 is 2.57 bits per heavy atom. The Kier molecular flexibility index (Phi) is 4.80. The molecule has 1 aliphatic carbocycles. The van der Waals surface area contributed by atoms with Crippen LogP contribution in [0.2, 0.25) is 0 Å². The first kappa shape index (κ1) is 20.0. The number of nitrogens with zero attached hydrogens (tertiary/aromatic N) is 3. The number of hydrogen-bond acceptors (Lipinski definition) is 7. The molecule has 1 saturated carbocycles. The predicted octanol–water partition coefficient (Wildman–Crippen LogP) is -0.169. The summed E-state index contributed by atoms with van der Waals surface area (Å²) in [4.78, 5) is 37.9. The second-order valence-corrected chi connectivity index (χ2v) is 7.43. The van der Waals surface area contributed by atoms with Crippen molar-refractivity contribution >= 4 is 22.7 Å². The summed E-state index contributed by atoms with van der Waals surface area (Å²) in [6, 6.07) is 0.279. The van der Waals surface area contributed by atoms with Gasteiger partial charge < -0.3 is 30.6 Å². The fourth-order valence-corrected chi connectivity index (χ4v) is 4.09. The van der Waals surface area contributed by atoms with Crippen LogP contribution in [-0.2, 0) is 4.74 Å². The van der Waals surface area contributed by atoms with Crippen molar-refractivity contribution in [3.05, 3.63) is 32.7 Å². The van der Waals surface area contributed by atoms with Gasteiger partial charge in [-0.05, 0) is 18.9 Å². The summed E-state index contributed by atoms with van der Waals surface area (Å²) in [7, 11) is 2.76. The number of carboxylic acid groups (broad SMARTS) is 1. The highest BCUT2D eigenvalue weighted by molar-refractivity contribution is 5.91. The monoisotopic (exact) mass is 423 g/mol. The van der Waals surface area contributed by atoms with E-state index in [1.807, 2.05) is 0 Å². The highest BCUT2D eigenvalue weighted by Crippen LogP contribution is 2.43. The number of nitrogen functional groups attached to an aromatic ring is 1. The highest BCUT2D eigenvalue weighted by atomic mass is 19.1. The predicted molar refractivity (Wildman–Crippen MR) is 105 cm³/mol. The van der Waals surface area contributed by atoms with Gasteiger partial charge in [0.05, 0.1) is 24.6 Å². The van der Waals surface area contributed by atoms with E-state index in [9.17, 15) is 14.4 Å². The number of methoxy groups -OCH3 is 2. The number of amides is 1. The lowest BCUT2D eigenvalue weighted by Gasteiger charge is -2.24. The number of aromatic nitrogens is 2. The first-order valence-electron chi connectivity index (χ1n) is 9.38. The van der Waals surface area contributed by atoms with Crippen molar-refractivity contribution < 1.29 is 23.8 Å². The van der Waals surface area contributed by atoms with Crippen molar-refractivity contribution in [3.63, 3.8) is 0 Å². The van der Waals surface area contributed by atoms with E-state index in [2.05, 4.69) is 5.32 Å². The zero-order valence-corrected chi connectivity index (χ0v) is 16.4. The van der Waals surface area contributed by atoms with Gasteiger partial charge in [0.2, 0.25) is 0 Å². The quantitative estimate of drug-likeness (QED) is 0.563. The molecule has 1 aromatic heterocycles. The van der Waals surface area contributed by atoms with Crippen molar-refractivity contribution in [2.24, 2.45) is 0 Å². The van der Waals surface area contributed by atoms with Gasteiger partial charge in [0.15, 0.2) is 11.6 Å². The Morgan fingerprint density at radius 2 is 2.00 bits per heavy atom. The van der Waals surface area contributed by atoms with E-state index in [1.165, 1.54) is 18.8 Å². The van der Waals surface area contributed by atoms with Gasteiger partial charge in [0.1, 0.15) is 11.2 Å². The van der Waals surface area contributed by atoms with Crippen LogP contribution in [-0.4, -0.2) is 59.9 Å². The number of ether oxygens (including phenoxy) is 2. The molecule has 30 heavy (non-hydrogen) atoms. The number of hydrogen-bond donors (Lipinski definition) is 3. The largest absolute Gasteiger partial charge is 0.492 e. The minimum Gasteiger partial charge on any atom is -0.492 e. The molecule has 2 heterocycles. The number of fused-ring (bicyclic) bond motifs is 1. The third-order valence-electron chi connectivity index (χ3n) is 5.60. The molecule has 0 radical (unpaired) electrons. The average molecular weight is 423 g/mol. The van der Waals surface area contributed by atoms with Crippen molar-refractivity contribution in [2.45, 2.75) is 31.0 Å². The van der Waals surface area contributed by atoms with Crippen LogP contribution in [0.15, 0.2) is 15.7 Å². The number of carbonyl (C=O) groups is 1. The summed E-state index contributed by atoms with van der Waals surface area (Å²) in [5, 5.41) is 11.4. The van der Waals surface area contributed by atoms with Crippen molar-refractivity contribution in [3.8, 4) is 5.75 Å². The van der Waals surface area contributed by atoms with E-state index in [1.54, 1.807) is 4.90 Å². The Bertz CT molecular complexity index is 1140. The third kappa shape index (κ3) is 3.03. The van der Waals surface area contributed by atoms with Gasteiger partial charge in [-0.2, -0.15) is 4.68 Å². The summed E-state index contributed by atoms with van der Waals surface area (Å²) in [6.07, 6.45) is -0.295. The second kappa shape index (κ2) is 7.20. The summed E-state index contributed by atoms with van der Waals surface area (Å²) >= 11 is 0. The van der Waals surface area contributed by atoms with Crippen LogP contribution in [0, 0.1) is 5.82 Å². The molecular formula is C18H22FN5O6. The topological polar surface area (TPSA) is 141 Å². The Hall–Kier alpha value is -3.28. The summed E-state index contributed by atoms with van der Waals surface area (Å²) < 4.78 is 27.9. The molecule has 1 aliphatic heterocycles. The third-order valence-corrected chi connectivity index (χ3v) is 5.60. The molecule has 4 rings (SSSR count). The highest BCUT2D eigenvalue weighted by Gasteiger charge is 2.38. The van der Waals surface area contributed by atoms with Crippen LogP contribution in [0.25, 0.3) is 10.9 Å². The molecule has 2 aromatic rings. The number of nitrogens with one attached hydrogen (secondary N) is 1. The molecule has 0 bridgehead atoms. The molecule has 1 saturated heterocycles. The van der Waals surface area contributed by atoms with E-state index in [4.69, 9.17) is 20.4 Å². The maximum atomic E-state index is 15.2. The summed E-state index contributed by atoms with van der Waals surface area (Å²) in [5.41, 5.74) is -1.31. The maximum Gasteiger partial charge on any atom is 0.405 e. The summed E-state index contributed by atoms with van der Waals surface area (Å²) in [6.45, 7) is 0.299. The van der Waals surface area contributed by atoms with Crippen molar-refractivity contribution in [1.82, 2.24) is 14.6 Å². The summed E-state index contributed by atoms with van der Waals surface area (Å²) in [5.74, 6) is 4.91. The molecule has 2 aliphatic rings. The molecule has 2 atom stereocenters. The van der Waals surface area contributed by atoms with Gasteiger partial charge in [0, 0.05) is 26.2 Å². The lowest BCUT2D eigenvalue weighted by atomic mass is 10.1. The van der Waals surface area contributed by atoms with E-state index < -0.39 is 35.3 Å². The molecule has 4 N–H and O–H groups in total. The van der Waals surface area contributed by atoms with Gasteiger partial charge in [-0.1, -0.05) is 0 Å². The van der Waals surface area contributed by atoms with Gasteiger partial charge in [-0.15, -0.1) is 0 Å². The molecular weight excluding hydrogens is 401 g/mol. The Labute approximate surface area is 169 Å². The number of benzene rings is 1. The number of rotatable bonds is 5. The second-order valence-electron chi connectivity index (χ2n) is 7.43. The lowest BCUT2D eigenvalue weighted by Crippen LogP contribution is -2.44. The fourth-order valence-electron chi connectivity index (χ4n) is 4.09. The normalized spacial score (nSPS) is 21.2. The fraction of sp³-hybridized carbons (Fsp3) is 0.500. The van der Waals surface area contributed by atoms with Gasteiger partial charge >= 0.3 is 11.8 Å². The van der Waals surface area contributed by atoms with Gasteiger partial charge in [-0.3, -0.25) is 9.36 Å². The first-order valence-corrected chi connectivity index (χ1v) is 9.38. The molecule has 1 aromatic carbocycles. The van der Waals surface area contributed by atoms with Crippen LogP contribution >= 0.6 is 0 Å². The van der Waals surface area contributed by atoms with E-state index in [0.29, 0.717) is 4.68 Å². The van der Waals surface area contributed by atoms with Crippen LogP contribution in [0.3, 0.4) is 0 Å². The molecule has 11 nitrogen and oxygen atoms in total. The standard InChI is InChI=1S/C18H22FN5O6/c1-29-12-7-22(6-11(12)21-17(26)27)14-10(19)5-9-13(15(14)30-2)23(8-3-4-8)18(28)24(20)16(9)25/h5,8,11-12,21H,3-4,6-7,20H2,1-2H3,(H,26,27). The van der Waals surface area contributed by atoms with Crippen LogP contribution in [0.5, 0.6) is 5.75 Å². The molecule has 2 unspecified atom stereocenters. The Morgan fingerprint density at radius 1 is 1.30 bits per heavy atom. The van der Waals surface area contributed by atoms with Crippen LogP contribution in [0.1, 0.15) is 18.9 Å². The van der Waals surface area contributed by atoms with Crippen molar-refractivity contribution in [1.29, 1.82) is 0 Å². The smallest absolute Gasteiger partial charge is 0.405 e. The molecule has 162 valence electrons. The molecule has 1 amide bonds. The average Bonchev–Trinajstić information content (AvgIpc) is 3.46. The molecule has 2 fully saturated rings. The van der Waals surface area contributed by atoms with Crippen molar-refractivity contribution in [2.75, 3.05) is 38.1 Å². The van der Waals surface area contributed by atoms with E-state index in [-0.39, 0.29) is 41.5 Å².